The molecule has 3 rings (SSSR count). The molecular weight excluding hydrogens is 322 g/mol. The van der Waals surface area contributed by atoms with Gasteiger partial charge in [0.2, 0.25) is 5.24 Å². The highest BCUT2D eigenvalue weighted by Gasteiger charge is 2.40. The van der Waals surface area contributed by atoms with E-state index in [-0.39, 0.29) is 5.24 Å². The number of hydrogen-bond acceptors (Lipinski definition) is 3. The summed E-state index contributed by atoms with van der Waals surface area (Å²) in [5.41, 5.74) is 1.08. The molecule has 24 heavy (non-hydrogen) atoms. The first-order valence-corrected chi connectivity index (χ1v) is 8.72. The van der Waals surface area contributed by atoms with Gasteiger partial charge in [-0.15, -0.1) is 0 Å². The molecule has 0 unspecified atom stereocenters. The van der Waals surface area contributed by atoms with Crippen LogP contribution in [0.5, 0.6) is 0 Å². The molecule has 0 spiro atoms. The Bertz CT molecular complexity index is 614. The summed E-state index contributed by atoms with van der Waals surface area (Å²) in [6, 6.07) is 19.7. The highest BCUT2D eigenvalue weighted by atomic mass is 35.5. The van der Waals surface area contributed by atoms with Gasteiger partial charge in [-0.05, 0) is 35.7 Å². The number of morpholine rings is 1. The Kier molecular flexibility index (Phi) is 5.67. The highest BCUT2D eigenvalue weighted by molar-refractivity contribution is 6.66. The molecule has 0 saturated carbocycles. The average Bonchev–Trinajstić information content (AvgIpc) is 2.65. The summed E-state index contributed by atoms with van der Waals surface area (Å²) in [5, 5.41) is -0.326. The van der Waals surface area contributed by atoms with E-state index in [1.54, 1.807) is 0 Å². The van der Waals surface area contributed by atoms with E-state index in [1.807, 2.05) is 60.7 Å². The first-order chi connectivity index (χ1) is 11.7. The summed E-state index contributed by atoms with van der Waals surface area (Å²) in [7, 11) is 0. The van der Waals surface area contributed by atoms with Gasteiger partial charge in [0.1, 0.15) is 0 Å². The number of halogens is 1. The second kappa shape index (κ2) is 7.93. The molecule has 0 amide bonds. The van der Waals surface area contributed by atoms with Gasteiger partial charge in [0, 0.05) is 13.1 Å². The minimum absolute atomic E-state index is 0.326. The van der Waals surface area contributed by atoms with Gasteiger partial charge < -0.3 is 4.74 Å². The van der Waals surface area contributed by atoms with E-state index in [9.17, 15) is 4.79 Å². The lowest BCUT2D eigenvalue weighted by Crippen LogP contribution is -2.42. The number of nitrogens with zero attached hydrogens (tertiary/aromatic N) is 1. The summed E-state index contributed by atoms with van der Waals surface area (Å²) in [6.07, 6.45) is 0.656. The van der Waals surface area contributed by atoms with Gasteiger partial charge in [-0.2, -0.15) is 0 Å². The molecule has 2 aromatic carbocycles. The summed E-state index contributed by atoms with van der Waals surface area (Å²) in [6.45, 7) is 4.11. The van der Waals surface area contributed by atoms with Crippen LogP contribution in [0.3, 0.4) is 0 Å². The van der Waals surface area contributed by atoms with Crippen LogP contribution < -0.4 is 0 Å². The maximum atomic E-state index is 12.7. The number of carbonyl (C=O) groups excluding carboxylic acids is 1. The zero-order valence-electron chi connectivity index (χ0n) is 13.7. The van der Waals surface area contributed by atoms with E-state index in [4.69, 9.17) is 16.3 Å². The number of hydrogen-bond donors (Lipinski definition) is 0. The van der Waals surface area contributed by atoms with Crippen LogP contribution in [0.2, 0.25) is 0 Å². The van der Waals surface area contributed by atoms with Crippen molar-refractivity contribution in [1.82, 2.24) is 4.90 Å². The van der Waals surface area contributed by atoms with Crippen LogP contribution in [-0.4, -0.2) is 43.0 Å². The second-order valence-electron chi connectivity index (χ2n) is 6.12. The lowest BCUT2D eigenvalue weighted by molar-refractivity contribution is -0.115. The normalized spacial score (nSPS) is 16.0. The van der Waals surface area contributed by atoms with Crippen molar-refractivity contribution in [2.24, 2.45) is 0 Å². The van der Waals surface area contributed by atoms with E-state index in [0.717, 1.165) is 44.0 Å². The average molecular weight is 344 g/mol. The summed E-state index contributed by atoms with van der Waals surface area (Å²) < 4.78 is 5.41. The van der Waals surface area contributed by atoms with Crippen LogP contribution in [-0.2, 0) is 14.9 Å². The molecule has 0 atom stereocenters. The van der Waals surface area contributed by atoms with Gasteiger partial charge in [-0.1, -0.05) is 60.7 Å². The molecule has 0 aliphatic carbocycles. The first kappa shape index (κ1) is 17.2. The van der Waals surface area contributed by atoms with Gasteiger partial charge >= 0.3 is 0 Å². The van der Waals surface area contributed by atoms with E-state index >= 15 is 0 Å². The van der Waals surface area contributed by atoms with Crippen molar-refractivity contribution in [1.29, 1.82) is 0 Å². The maximum Gasteiger partial charge on any atom is 0.236 e. The van der Waals surface area contributed by atoms with Gasteiger partial charge in [-0.3, -0.25) is 9.69 Å². The lowest BCUT2D eigenvalue weighted by Gasteiger charge is -2.35. The van der Waals surface area contributed by atoms with Crippen LogP contribution in [0.1, 0.15) is 17.5 Å². The molecule has 1 aliphatic rings. The Labute approximate surface area is 148 Å². The van der Waals surface area contributed by atoms with Crippen LogP contribution in [0, 0.1) is 0 Å². The fourth-order valence-corrected chi connectivity index (χ4v) is 3.69. The third-order valence-electron chi connectivity index (χ3n) is 4.78. The van der Waals surface area contributed by atoms with Crippen LogP contribution in [0.4, 0.5) is 0 Å². The summed E-state index contributed by atoms with van der Waals surface area (Å²) in [4.78, 5) is 15.0. The van der Waals surface area contributed by atoms with Crippen molar-refractivity contribution in [3.63, 3.8) is 0 Å². The second-order valence-corrected chi connectivity index (χ2v) is 6.46. The third kappa shape index (κ3) is 3.54. The van der Waals surface area contributed by atoms with Crippen LogP contribution in [0.15, 0.2) is 60.7 Å². The molecule has 3 nitrogen and oxygen atoms in total. The molecule has 2 aromatic rings. The van der Waals surface area contributed by atoms with Crippen molar-refractivity contribution in [3.8, 4) is 0 Å². The molecule has 4 heteroatoms. The van der Waals surface area contributed by atoms with Gasteiger partial charge in [0.25, 0.3) is 0 Å². The molecular formula is C20H22ClNO2. The fraction of sp³-hybridized carbons (Fsp3) is 0.350. The molecule has 0 radical (unpaired) electrons. The lowest BCUT2D eigenvalue weighted by atomic mass is 9.73. The largest absolute Gasteiger partial charge is 0.379 e. The zero-order valence-corrected chi connectivity index (χ0v) is 14.4. The number of rotatable bonds is 6. The van der Waals surface area contributed by atoms with Crippen molar-refractivity contribution in [2.75, 3.05) is 32.8 Å². The van der Waals surface area contributed by atoms with Gasteiger partial charge in [-0.25, -0.2) is 0 Å². The number of benzene rings is 2. The number of carbonyl (C=O) groups is 1. The molecule has 0 bridgehead atoms. The molecule has 1 saturated heterocycles. The quantitative estimate of drug-likeness (QED) is 0.752. The van der Waals surface area contributed by atoms with Crippen molar-refractivity contribution in [3.05, 3.63) is 71.8 Å². The van der Waals surface area contributed by atoms with E-state index in [1.165, 1.54) is 0 Å². The molecule has 1 heterocycles. The third-order valence-corrected chi connectivity index (χ3v) is 5.10. The topological polar surface area (TPSA) is 29.5 Å². The summed E-state index contributed by atoms with van der Waals surface area (Å²) in [5.74, 6) is 0. The van der Waals surface area contributed by atoms with Crippen molar-refractivity contribution in [2.45, 2.75) is 11.8 Å². The predicted molar refractivity (Wildman–Crippen MR) is 96.4 cm³/mol. The Morgan fingerprint density at radius 1 is 0.958 bits per heavy atom. The fourth-order valence-electron chi connectivity index (χ4n) is 3.38. The SMILES string of the molecule is O=C(Cl)C(CCN1CCOCC1)(c1ccccc1)c1ccccc1. The molecule has 1 aliphatic heterocycles. The molecule has 1 fully saturated rings. The number of ether oxygens (including phenoxy) is 1. The maximum absolute atomic E-state index is 12.7. The first-order valence-electron chi connectivity index (χ1n) is 8.34. The minimum atomic E-state index is -0.817. The monoisotopic (exact) mass is 343 g/mol. The molecule has 0 aromatic heterocycles. The summed E-state index contributed by atoms with van der Waals surface area (Å²) >= 11 is 6.21. The zero-order chi connectivity index (χ0) is 16.8. The Balaban J connectivity index is 1.97. The Morgan fingerprint density at radius 3 is 1.92 bits per heavy atom. The molecule has 126 valence electrons. The highest BCUT2D eigenvalue weighted by Crippen LogP contribution is 2.38. The Morgan fingerprint density at radius 2 is 1.46 bits per heavy atom. The van der Waals surface area contributed by atoms with Crippen molar-refractivity contribution < 1.29 is 9.53 Å². The predicted octanol–water partition coefficient (Wildman–Crippen LogP) is 3.46. The minimum Gasteiger partial charge on any atom is -0.379 e. The van der Waals surface area contributed by atoms with Crippen LogP contribution in [0.25, 0.3) is 0 Å². The van der Waals surface area contributed by atoms with Gasteiger partial charge in [0.05, 0.1) is 18.6 Å². The smallest absolute Gasteiger partial charge is 0.236 e. The van der Waals surface area contributed by atoms with Crippen molar-refractivity contribution >= 4 is 16.8 Å². The Hall–Kier alpha value is -1.68. The standard InChI is InChI=1S/C20H22ClNO2/c21-19(23)20(17-7-3-1-4-8-17,18-9-5-2-6-10-18)11-12-22-13-15-24-16-14-22/h1-10H,11-16H2. The van der Waals surface area contributed by atoms with Gasteiger partial charge in [0.15, 0.2) is 0 Å². The van der Waals surface area contributed by atoms with E-state index in [0.29, 0.717) is 6.42 Å². The van der Waals surface area contributed by atoms with E-state index < -0.39 is 5.41 Å². The molecule has 0 N–H and O–H groups in total. The van der Waals surface area contributed by atoms with E-state index in [2.05, 4.69) is 4.90 Å². The van der Waals surface area contributed by atoms with Crippen LogP contribution >= 0.6 is 11.6 Å².